The largest absolute Gasteiger partial charge is 0.482 e. The number of para-hydroxylation sites is 3. The third-order valence-corrected chi connectivity index (χ3v) is 4.81. The fourth-order valence-corrected chi connectivity index (χ4v) is 3.43. The lowest BCUT2D eigenvalue weighted by Crippen LogP contribution is -2.38. The lowest BCUT2D eigenvalue weighted by atomic mass is 10.1. The molecule has 142 valence electrons. The fourth-order valence-electron chi connectivity index (χ4n) is 3.01. The number of ether oxygens (including phenoxy) is 1. The molecular weight excluding hydrogens is 382 g/mol. The van der Waals surface area contributed by atoms with E-state index in [1.165, 1.54) is 19.3 Å². The van der Waals surface area contributed by atoms with Crippen LogP contribution in [0.1, 0.15) is 19.3 Å². The number of anilines is 2. The molecule has 2 N–H and O–H groups in total. The van der Waals surface area contributed by atoms with Crippen LogP contribution >= 0.6 is 23.8 Å². The fraction of sp³-hybridized carbons (Fsp3) is 0.300. The molecule has 1 aliphatic rings. The van der Waals surface area contributed by atoms with Crippen molar-refractivity contribution in [2.75, 3.05) is 29.9 Å². The number of benzene rings is 2. The molecule has 3 rings (SSSR count). The first-order valence-corrected chi connectivity index (χ1v) is 9.74. The minimum absolute atomic E-state index is 0.167. The van der Waals surface area contributed by atoms with Crippen LogP contribution in [0, 0.1) is 0 Å². The number of nitrogens with one attached hydrogen (secondary N) is 2. The van der Waals surface area contributed by atoms with E-state index in [0.29, 0.717) is 10.8 Å². The van der Waals surface area contributed by atoms with Crippen molar-refractivity contribution in [3.63, 3.8) is 0 Å². The van der Waals surface area contributed by atoms with Gasteiger partial charge in [-0.2, -0.15) is 0 Å². The van der Waals surface area contributed by atoms with E-state index in [1.807, 2.05) is 18.2 Å². The predicted octanol–water partition coefficient (Wildman–Crippen LogP) is 4.22. The lowest BCUT2D eigenvalue weighted by Gasteiger charge is -2.30. The molecule has 0 aliphatic carbocycles. The van der Waals surface area contributed by atoms with Crippen LogP contribution in [0.5, 0.6) is 5.75 Å². The minimum Gasteiger partial charge on any atom is -0.482 e. The summed E-state index contributed by atoms with van der Waals surface area (Å²) in [6.07, 6.45) is 3.65. The third kappa shape index (κ3) is 5.58. The average Bonchev–Trinajstić information content (AvgIpc) is 2.68. The van der Waals surface area contributed by atoms with E-state index in [-0.39, 0.29) is 17.6 Å². The quantitative estimate of drug-likeness (QED) is 0.732. The topological polar surface area (TPSA) is 53.6 Å². The van der Waals surface area contributed by atoms with Gasteiger partial charge in [-0.05, 0) is 55.7 Å². The Bertz CT molecular complexity index is 809. The van der Waals surface area contributed by atoms with Gasteiger partial charge in [-0.25, -0.2) is 0 Å². The second kappa shape index (κ2) is 9.58. The highest BCUT2D eigenvalue weighted by molar-refractivity contribution is 7.80. The van der Waals surface area contributed by atoms with Crippen LogP contribution in [0.2, 0.25) is 5.02 Å². The lowest BCUT2D eigenvalue weighted by molar-refractivity contribution is -0.121. The number of thiocarbonyl (C=S) groups is 1. The molecule has 0 atom stereocenters. The van der Waals surface area contributed by atoms with E-state index >= 15 is 0 Å². The van der Waals surface area contributed by atoms with Gasteiger partial charge in [0.15, 0.2) is 11.7 Å². The third-order valence-electron chi connectivity index (χ3n) is 4.30. The van der Waals surface area contributed by atoms with Crippen molar-refractivity contribution in [2.45, 2.75) is 19.3 Å². The zero-order valence-corrected chi connectivity index (χ0v) is 16.5. The van der Waals surface area contributed by atoms with Crippen molar-refractivity contribution in [1.29, 1.82) is 0 Å². The SMILES string of the molecule is O=C(COc1ccccc1Cl)NC(=S)Nc1ccccc1N1CCCCC1. The van der Waals surface area contributed by atoms with Gasteiger partial charge in [-0.1, -0.05) is 35.9 Å². The Balaban J connectivity index is 1.54. The van der Waals surface area contributed by atoms with Crippen molar-refractivity contribution >= 4 is 46.2 Å². The molecule has 0 aromatic heterocycles. The number of hydrogen-bond acceptors (Lipinski definition) is 4. The average molecular weight is 404 g/mol. The van der Waals surface area contributed by atoms with Crippen molar-refractivity contribution in [2.24, 2.45) is 0 Å². The monoisotopic (exact) mass is 403 g/mol. The van der Waals surface area contributed by atoms with E-state index in [4.69, 9.17) is 28.6 Å². The van der Waals surface area contributed by atoms with Crippen LogP contribution in [-0.4, -0.2) is 30.7 Å². The van der Waals surface area contributed by atoms with Gasteiger partial charge in [-0.3, -0.25) is 10.1 Å². The Kier molecular flexibility index (Phi) is 6.90. The number of hydrogen-bond donors (Lipinski definition) is 2. The standard InChI is InChI=1S/C20H22ClN3O2S/c21-15-8-2-5-11-18(15)26-14-19(25)23-20(27)22-16-9-3-4-10-17(16)24-12-6-1-7-13-24/h2-5,8-11H,1,6-7,12-14H2,(H2,22,23,25,27). The maximum Gasteiger partial charge on any atom is 0.264 e. The molecule has 1 fully saturated rings. The van der Waals surface area contributed by atoms with Crippen molar-refractivity contribution < 1.29 is 9.53 Å². The van der Waals surface area contributed by atoms with Crippen LogP contribution in [0.15, 0.2) is 48.5 Å². The normalized spacial score (nSPS) is 13.7. The zero-order valence-electron chi connectivity index (χ0n) is 14.9. The van der Waals surface area contributed by atoms with Crippen LogP contribution in [-0.2, 0) is 4.79 Å². The number of carbonyl (C=O) groups excluding carboxylic acids is 1. The highest BCUT2D eigenvalue weighted by Gasteiger charge is 2.15. The molecule has 1 amide bonds. The van der Waals surface area contributed by atoms with Gasteiger partial charge in [0.25, 0.3) is 5.91 Å². The maximum atomic E-state index is 12.1. The minimum atomic E-state index is -0.345. The summed E-state index contributed by atoms with van der Waals surface area (Å²) in [4.78, 5) is 14.4. The van der Waals surface area contributed by atoms with E-state index in [1.54, 1.807) is 24.3 Å². The molecule has 1 aliphatic heterocycles. The summed E-state index contributed by atoms with van der Waals surface area (Å²) in [6.45, 7) is 1.90. The summed E-state index contributed by atoms with van der Waals surface area (Å²) in [5.41, 5.74) is 1.98. The molecule has 7 heteroatoms. The Morgan fingerprint density at radius 2 is 1.78 bits per heavy atom. The van der Waals surface area contributed by atoms with Crippen molar-refractivity contribution in [1.82, 2.24) is 5.32 Å². The summed E-state index contributed by atoms with van der Waals surface area (Å²) >= 11 is 11.3. The van der Waals surface area contributed by atoms with Gasteiger partial charge >= 0.3 is 0 Å². The van der Waals surface area contributed by atoms with Gasteiger partial charge in [0.2, 0.25) is 0 Å². The summed E-state index contributed by atoms with van der Waals surface area (Å²) < 4.78 is 5.43. The first kappa shape index (κ1) is 19.5. The molecular formula is C20H22ClN3O2S. The van der Waals surface area contributed by atoms with Crippen LogP contribution < -0.4 is 20.3 Å². The van der Waals surface area contributed by atoms with Crippen LogP contribution in [0.3, 0.4) is 0 Å². The number of halogens is 1. The molecule has 0 bridgehead atoms. The number of carbonyl (C=O) groups is 1. The van der Waals surface area contributed by atoms with Crippen LogP contribution in [0.4, 0.5) is 11.4 Å². The molecule has 1 saturated heterocycles. The summed E-state index contributed by atoms with van der Waals surface area (Å²) in [6, 6.07) is 15.0. The maximum absolute atomic E-state index is 12.1. The Morgan fingerprint density at radius 1 is 1.07 bits per heavy atom. The van der Waals surface area contributed by atoms with E-state index in [9.17, 15) is 4.79 Å². The molecule has 0 unspecified atom stereocenters. The number of amides is 1. The molecule has 5 nitrogen and oxygen atoms in total. The Hall–Kier alpha value is -2.31. The first-order chi connectivity index (χ1) is 13.1. The Morgan fingerprint density at radius 3 is 2.56 bits per heavy atom. The van der Waals surface area contributed by atoms with E-state index in [2.05, 4.69) is 21.6 Å². The van der Waals surface area contributed by atoms with Crippen LogP contribution in [0.25, 0.3) is 0 Å². The molecule has 1 heterocycles. The van der Waals surface area contributed by atoms with Crippen molar-refractivity contribution in [3.05, 3.63) is 53.6 Å². The predicted molar refractivity (Wildman–Crippen MR) is 114 cm³/mol. The van der Waals surface area contributed by atoms with E-state index < -0.39 is 0 Å². The molecule has 27 heavy (non-hydrogen) atoms. The smallest absolute Gasteiger partial charge is 0.264 e. The molecule has 0 saturated carbocycles. The molecule has 0 radical (unpaired) electrons. The van der Waals surface area contributed by atoms with Gasteiger partial charge in [0, 0.05) is 13.1 Å². The van der Waals surface area contributed by atoms with Gasteiger partial charge in [0.1, 0.15) is 5.75 Å². The second-order valence-electron chi connectivity index (χ2n) is 6.29. The Labute approximate surface area is 169 Å². The number of rotatable bonds is 5. The summed E-state index contributed by atoms with van der Waals surface area (Å²) in [7, 11) is 0. The molecule has 2 aromatic rings. The summed E-state index contributed by atoms with van der Waals surface area (Å²) in [5.74, 6) is 0.117. The number of piperidine rings is 1. The zero-order chi connectivity index (χ0) is 19.1. The highest BCUT2D eigenvalue weighted by atomic mass is 35.5. The molecule has 2 aromatic carbocycles. The molecule has 0 spiro atoms. The second-order valence-corrected chi connectivity index (χ2v) is 7.10. The first-order valence-electron chi connectivity index (χ1n) is 8.95. The van der Waals surface area contributed by atoms with Crippen molar-refractivity contribution in [3.8, 4) is 5.75 Å². The van der Waals surface area contributed by atoms with Gasteiger partial charge in [0.05, 0.1) is 16.4 Å². The summed E-state index contributed by atoms with van der Waals surface area (Å²) in [5, 5.41) is 6.47. The highest BCUT2D eigenvalue weighted by Crippen LogP contribution is 2.28. The van der Waals surface area contributed by atoms with Gasteiger partial charge in [-0.15, -0.1) is 0 Å². The van der Waals surface area contributed by atoms with Gasteiger partial charge < -0.3 is 15.0 Å². The van der Waals surface area contributed by atoms with E-state index in [0.717, 1.165) is 24.5 Å². The number of nitrogens with zero attached hydrogens (tertiary/aromatic N) is 1.